The minimum Gasteiger partial charge on any atom is -0.447 e. The first-order valence-electron chi connectivity index (χ1n) is 9.37. The van der Waals surface area contributed by atoms with Crippen molar-refractivity contribution in [3.8, 4) is 0 Å². The van der Waals surface area contributed by atoms with Crippen molar-refractivity contribution in [2.75, 3.05) is 18.8 Å². The van der Waals surface area contributed by atoms with Crippen molar-refractivity contribution < 1.29 is 19.1 Å². The van der Waals surface area contributed by atoms with Crippen LogP contribution in [0.5, 0.6) is 0 Å². The van der Waals surface area contributed by atoms with E-state index < -0.39 is 12.0 Å². The molecule has 0 aromatic heterocycles. The Bertz CT molecular complexity index is 545. The Morgan fingerprint density at radius 1 is 1.19 bits per heavy atom. The number of hydrogen-bond donors (Lipinski definition) is 3. The normalized spacial score (nSPS) is 31.5. The number of ether oxygens (including phenoxy) is 1. The molecule has 0 aromatic carbocycles. The van der Waals surface area contributed by atoms with Crippen molar-refractivity contribution in [2.45, 2.75) is 63.2 Å². The zero-order valence-corrected chi connectivity index (χ0v) is 16.1. The maximum absolute atomic E-state index is 12.6. The molecule has 0 radical (unpaired) electrons. The summed E-state index contributed by atoms with van der Waals surface area (Å²) in [6.45, 7) is 5.19. The number of thioether (sulfide) groups is 1. The summed E-state index contributed by atoms with van der Waals surface area (Å²) in [6, 6.07) is -0.242. The average molecular weight is 385 g/mol. The Kier molecular flexibility index (Phi) is 6.42. The Hall–Kier alpha value is -1.32. The molecule has 3 N–H and O–H groups in total. The van der Waals surface area contributed by atoms with Gasteiger partial charge in [0.25, 0.3) is 0 Å². The number of carbonyl (C=O) groups is 3. The largest absolute Gasteiger partial charge is 0.447 e. The molecule has 0 aromatic rings. The number of rotatable bonds is 4. The summed E-state index contributed by atoms with van der Waals surface area (Å²) in [7, 11) is 0. The van der Waals surface area contributed by atoms with Crippen LogP contribution >= 0.6 is 11.8 Å². The number of alkyl carbamates (subject to hydrolysis) is 1. The molecule has 0 spiro atoms. The number of hydrogen-bond acceptors (Lipinski definition) is 7. The first kappa shape index (κ1) is 19.4. The molecule has 0 bridgehead atoms. The summed E-state index contributed by atoms with van der Waals surface area (Å²) in [5.41, 5.74) is 0. The second kappa shape index (κ2) is 8.58. The Morgan fingerprint density at radius 3 is 2.73 bits per heavy atom. The van der Waals surface area contributed by atoms with Crippen LogP contribution in [0.2, 0.25) is 0 Å². The Balaban J connectivity index is 1.51. The first-order valence-corrected chi connectivity index (χ1v) is 10.4. The molecule has 9 heteroatoms. The van der Waals surface area contributed by atoms with Crippen LogP contribution in [0.15, 0.2) is 0 Å². The third kappa shape index (κ3) is 4.69. The maximum Gasteiger partial charge on any atom is 0.414 e. The molecule has 0 saturated carbocycles. The highest BCUT2D eigenvalue weighted by Crippen LogP contribution is 2.31. The van der Waals surface area contributed by atoms with E-state index >= 15 is 0 Å². The number of amides is 3. The number of nitrogens with zero attached hydrogens (tertiary/aromatic N) is 1. The van der Waals surface area contributed by atoms with Gasteiger partial charge in [0.1, 0.15) is 6.04 Å². The smallest absolute Gasteiger partial charge is 0.414 e. The highest BCUT2D eigenvalue weighted by molar-refractivity contribution is 8.00. The predicted octanol–water partition coefficient (Wildman–Crippen LogP) is 0.627. The van der Waals surface area contributed by atoms with E-state index in [1.165, 1.54) is 12.8 Å². The lowest BCUT2D eigenvalue weighted by Crippen LogP contribution is -2.50. The number of piperidine rings is 1. The first-order chi connectivity index (χ1) is 12.4. The summed E-state index contributed by atoms with van der Waals surface area (Å²) in [5, 5.41) is 8.36. The van der Waals surface area contributed by atoms with Gasteiger partial charge in [-0.2, -0.15) is 0 Å². The lowest BCUT2D eigenvalue weighted by Gasteiger charge is -2.28. The van der Waals surface area contributed by atoms with Crippen molar-refractivity contribution in [1.29, 1.82) is 0 Å². The molecular formula is C17H28N4O4S. The lowest BCUT2D eigenvalue weighted by molar-refractivity contribution is -0.126. The van der Waals surface area contributed by atoms with Crippen LogP contribution in [0.3, 0.4) is 0 Å². The topological polar surface area (TPSA) is 99.8 Å². The SMILES string of the molecule is CC(C)OC(=O)NC(=O)C1CCSC1NC(=O)C1CN2CCCCC2N1. The fraction of sp³-hybridized carbons (Fsp3) is 0.824. The predicted molar refractivity (Wildman–Crippen MR) is 98.4 cm³/mol. The van der Waals surface area contributed by atoms with E-state index in [4.69, 9.17) is 4.74 Å². The molecule has 3 aliphatic heterocycles. The van der Waals surface area contributed by atoms with Crippen LogP contribution in [0.1, 0.15) is 39.5 Å². The van der Waals surface area contributed by atoms with Gasteiger partial charge in [-0.15, -0.1) is 11.8 Å². The number of fused-ring (bicyclic) bond motifs is 1. The van der Waals surface area contributed by atoms with Gasteiger partial charge >= 0.3 is 6.09 Å². The van der Waals surface area contributed by atoms with Crippen molar-refractivity contribution in [3.05, 3.63) is 0 Å². The molecular weight excluding hydrogens is 356 g/mol. The van der Waals surface area contributed by atoms with Gasteiger partial charge in [0.05, 0.1) is 23.6 Å². The third-order valence-electron chi connectivity index (χ3n) is 5.02. The standard InChI is InChI=1S/C17H28N4O4S/c1-10(2)25-17(24)20-14(22)11-6-8-26-16(11)19-15(23)12-9-21-7-4-3-5-13(21)18-12/h10-13,16,18H,3-9H2,1-2H3,(H,19,23)(H,20,22,24). The zero-order valence-electron chi connectivity index (χ0n) is 15.3. The van der Waals surface area contributed by atoms with Gasteiger partial charge in [0.15, 0.2) is 0 Å². The monoisotopic (exact) mass is 384 g/mol. The maximum atomic E-state index is 12.6. The summed E-state index contributed by atoms with van der Waals surface area (Å²) < 4.78 is 4.95. The van der Waals surface area contributed by atoms with Crippen LogP contribution < -0.4 is 16.0 Å². The zero-order chi connectivity index (χ0) is 18.7. The molecule has 3 heterocycles. The van der Waals surface area contributed by atoms with Gasteiger partial charge in [-0.3, -0.25) is 25.1 Å². The van der Waals surface area contributed by atoms with Gasteiger partial charge in [-0.25, -0.2) is 4.79 Å². The highest BCUT2D eigenvalue weighted by atomic mass is 32.2. The molecule has 4 atom stereocenters. The van der Waals surface area contributed by atoms with Crippen LogP contribution in [0.4, 0.5) is 4.79 Å². The second-order valence-corrected chi connectivity index (χ2v) is 8.61. The van der Waals surface area contributed by atoms with E-state index in [-0.39, 0.29) is 29.3 Å². The second-order valence-electron chi connectivity index (χ2n) is 7.36. The van der Waals surface area contributed by atoms with Crippen molar-refractivity contribution in [3.63, 3.8) is 0 Å². The lowest BCUT2D eigenvalue weighted by atomic mass is 10.1. The third-order valence-corrected chi connectivity index (χ3v) is 6.30. The fourth-order valence-corrected chi connectivity index (χ4v) is 5.09. The number of imide groups is 1. The molecule has 3 rings (SSSR count). The minimum atomic E-state index is -0.735. The summed E-state index contributed by atoms with van der Waals surface area (Å²) >= 11 is 1.55. The fourth-order valence-electron chi connectivity index (χ4n) is 3.75. The molecule has 3 saturated heterocycles. The Morgan fingerprint density at radius 2 is 2.00 bits per heavy atom. The van der Waals surface area contributed by atoms with E-state index in [2.05, 4.69) is 20.9 Å². The number of nitrogens with one attached hydrogen (secondary N) is 3. The minimum absolute atomic E-state index is 0.0682. The van der Waals surface area contributed by atoms with Crippen molar-refractivity contribution in [1.82, 2.24) is 20.9 Å². The summed E-state index contributed by atoms with van der Waals surface area (Å²) in [6.07, 6.45) is 3.34. The molecule has 3 amide bonds. The van der Waals surface area contributed by atoms with Gasteiger partial charge in [0, 0.05) is 6.54 Å². The van der Waals surface area contributed by atoms with Crippen LogP contribution in [-0.2, 0) is 14.3 Å². The highest BCUT2D eigenvalue weighted by Gasteiger charge is 2.40. The van der Waals surface area contributed by atoms with E-state index in [1.807, 2.05) is 0 Å². The van der Waals surface area contributed by atoms with Crippen LogP contribution in [-0.4, -0.2) is 65.3 Å². The molecule has 3 aliphatic rings. The molecule has 8 nitrogen and oxygen atoms in total. The van der Waals surface area contributed by atoms with Gasteiger partial charge < -0.3 is 10.1 Å². The average Bonchev–Trinajstić information content (AvgIpc) is 3.20. The molecule has 4 unspecified atom stereocenters. The quantitative estimate of drug-likeness (QED) is 0.654. The molecule has 0 aliphatic carbocycles. The van der Waals surface area contributed by atoms with Crippen molar-refractivity contribution >= 4 is 29.7 Å². The van der Waals surface area contributed by atoms with E-state index in [1.54, 1.807) is 25.6 Å². The van der Waals surface area contributed by atoms with E-state index in [0.717, 1.165) is 18.7 Å². The Labute approximate surface area is 158 Å². The van der Waals surface area contributed by atoms with Crippen LogP contribution in [0.25, 0.3) is 0 Å². The van der Waals surface area contributed by atoms with Crippen molar-refractivity contribution in [2.24, 2.45) is 5.92 Å². The van der Waals surface area contributed by atoms with Gasteiger partial charge in [-0.1, -0.05) is 0 Å². The van der Waals surface area contributed by atoms with Gasteiger partial charge in [0.2, 0.25) is 11.8 Å². The number of carbonyl (C=O) groups excluding carboxylic acids is 3. The van der Waals surface area contributed by atoms with E-state index in [9.17, 15) is 14.4 Å². The summed E-state index contributed by atoms with van der Waals surface area (Å²) in [5.74, 6) is -0.105. The summed E-state index contributed by atoms with van der Waals surface area (Å²) in [4.78, 5) is 39.0. The molecule has 3 fully saturated rings. The molecule has 146 valence electrons. The van der Waals surface area contributed by atoms with Gasteiger partial charge in [-0.05, 0) is 51.8 Å². The van der Waals surface area contributed by atoms with Crippen LogP contribution in [0, 0.1) is 5.92 Å². The molecule has 26 heavy (non-hydrogen) atoms. The van der Waals surface area contributed by atoms with E-state index in [0.29, 0.717) is 19.1 Å².